The topological polar surface area (TPSA) is 73.0 Å². The van der Waals surface area contributed by atoms with E-state index in [4.69, 9.17) is 16.1 Å². The van der Waals surface area contributed by atoms with Gasteiger partial charge in [0.25, 0.3) is 5.56 Å². The van der Waals surface area contributed by atoms with Gasteiger partial charge in [0.2, 0.25) is 0 Å². The molecule has 1 atom stereocenters. The minimum absolute atomic E-state index is 0.0152. The van der Waals surface area contributed by atoms with Gasteiger partial charge in [-0.05, 0) is 36.5 Å². The third kappa shape index (κ3) is 3.61. The van der Waals surface area contributed by atoms with Crippen molar-refractivity contribution in [2.75, 3.05) is 0 Å². The number of nitrogens with zero attached hydrogens (tertiary/aromatic N) is 3. The molecule has 5 rings (SSSR count). The number of rotatable bonds is 5. The molecule has 3 heterocycles. The van der Waals surface area contributed by atoms with Gasteiger partial charge in [0.1, 0.15) is 11.1 Å². The van der Waals surface area contributed by atoms with Crippen LogP contribution >= 0.6 is 22.9 Å². The molecule has 0 amide bonds. The Bertz CT molecular complexity index is 1220. The van der Waals surface area contributed by atoms with Crippen molar-refractivity contribution in [3.05, 3.63) is 80.0 Å². The van der Waals surface area contributed by atoms with E-state index in [1.807, 2.05) is 30.3 Å². The van der Waals surface area contributed by atoms with E-state index in [0.29, 0.717) is 24.2 Å². The fraction of sp³-hybridized carbons (Fsp3) is 0.286. The van der Waals surface area contributed by atoms with Crippen molar-refractivity contribution in [1.29, 1.82) is 0 Å². The van der Waals surface area contributed by atoms with Crippen LogP contribution in [0.4, 0.5) is 0 Å². The summed E-state index contributed by atoms with van der Waals surface area (Å²) >= 11 is 7.91. The molecule has 0 saturated heterocycles. The van der Waals surface area contributed by atoms with Crippen molar-refractivity contribution in [3.63, 3.8) is 0 Å². The highest BCUT2D eigenvalue weighted by Gasteiger charge is 2.25. The fourth-order valence-electron chi connectivity index (χ4n) is 3.88. The second-order valence-electron chi connectivity index (χ2n) is 7.26. The summed E-state index contributed by atoms with van der Waals surface area (Å²) in [6.45, 7) is 1.11. The maximum absolute atomic E-state index is 13.2. The fourth-order valence-corrected chi connectivity index (χ4v) is 5.33. The Morgan fingerprint density at radius 2 is 2.21 bits per heavy atom. The molecule has 4 aromatic rings. The Kier molecular flexibility index (Phi) is 4.95. The van der Waals surface area contributed by atoms with Crippen molar-refractivity contribution in [3.8, 4) is 0 Å². The summed E-state index contributed by atoms with van der Waals surface area (Å²) in [7, 11) is 0. The van der Waals surface area contributed by atoms with Crippen LogP contribution in [0.25, 0.3) is 10.2 Å². The Morgan fingerprint density at radius 3 is 3.03 bits per heavy atom. The molecule has 148 valence electrons. The van der Waals surface area contributed by atoms with Gasteiger partial charge in [-0.15, -0.1) is 11.3 Å². The molecular formula is C21H19ClN4O2S. The minimum atomic E-state index is 0.0152. The molecule has 8 heteroatoms. The smallest absolute Gasteiger partial charge is 0.262 e. The first kappa shape index (κ1) is 18.5. The minimum Gasteiger partial charge on any atom is -0.364 e. The predicted molar refractivity (Wildman–Crippen MR) is 114 cm³/mol. The Morgan fingerprint density at radius 1 is 1.31 bits per heavy atom. The molecular weight excluding hydrogens is 408 g/mol. The van der Waals surface area contributed by atoms with Crippen molar-refractivity contribution in [2.45, 2.75) is 38.4 Å². The summed E-state index contributed by atoms with van der Waals surface area (Å²) in [6, 6.07) is 9.82. The molecule has 0 saturated carbocycles. The van der Waals surface area contributed by atoms with E-state index in [2.05, 4.69) is 15.5 Å². The Balaban J connectivity index is 1.41. The number of aromatic nitrogens is 3. The number of fused-ring (bicyclic) bond motifs is 3. The first-order valence-corrected chi connectivity index (χ1v) is 10.7. The van der Waals surface area contributed by atoms with Gasteiger partial charge in [-0.25, -0.2) is 4.98 Å². The van der Waals surface area contributed by atoms with Crippen LogP contribution in [0.2, 0.25) is 5.02 Å². The van der Waals surface area contributed by atoms with Crippen LogP contribution in [0.1, 0.15) is 28.1 Å². The van der Waals surface area contributed by atoms with Gasteiger partial charge in [-0.1, -0.05) is 35.0 Å². The number of nitrogens with one attached hydrogen (secondary N) is 1. The highest BCUT2D eigenvalue weighted by molar-refractivity contribution is 7.18. The monoisotopic (exact) mass is 426 g/mol. The van der Waals surface area contributed by atoms with Crippen LogP contribution in [-0.4, -0.2) is 20.7 Å². The highest BCUT2D eigenvalue weighted by Crippen LogP contribution is 2.33. The number of thiophene rings is 1. The van der Waals surface area contributed by atoms with Crippen molar-refractivity contribution < 1.29 is 4.52 Å². The van der Waals surface area contributed by atoms with E-state index in [9.17, 15) is 4.79 Å². The lowest BCUT2D eigenvalue weighted by Crippen LogP contribution is -2.34. The summed E-state index contributed by atoms with van der Waals surface area (Å²) in [5, 5.41) is 8.92. The maximum atomic E-state index is 13.2. The second-order valence-corrected chi connectivity index (χ2v) is 8.76. The van der Waals surface area contributed by atoms with Crippen LogP contribution < -0.4 is 10.9 Å². The van der Waals surface area contributed by atoms with Gasteiger partial charge in [0, 0.05) is 28.6 Å². The lowest BCUT2D eigenvalue weighted by Gasteiger charge is -2.23. The third-order valence-corrected chi connectivity index (χ3v) is 6.93. The molecule has 0 spiro atoms. The zero-order chi connectivity index (χ0) is 19.8. The van der Waals surface area contributed by atoms with Gasteiger partial charge < -0.3 is 9.84 Å². The molecule has 0 bridgehead atoms. The molecule has 1 N–H and O–H groups in total. The summed E-state index contributed by atoms with van der Waals surface area (Å²) < 4.78 is 6.54. The summed E-state index contributed by atoms with van der Waals surface area (Å²) in [5.41, 5.74) is 2.99. The number of hydrogen-bond donors (Lipinski definition) is 1. The van der Waals surface area contributed by atoms with E-state index in [1.165, 1.54) is 4.88 Å². The molecule has 0 fully saturated rings. The van der Waals surface area contributed by atoms with Crippen LogP contribution in [0.5, 0.6) is 0 Å². The van der Waals surface area contributed by atoms with Gasteiger partial charge in [-0.2, -0.15) is 0 Å². The standard InChI is InChI=1S/C21H19ClN4O2S/c22-17-4-2-1-3-13(17)11-26-12-24-20-19(21(26)27)16-6-5-14(9-18(16)29-20)23-10-15-7-8-28-25-15/h1-4,7-8,12,14,23H,5-6,9-11H2/t14-/m1/s1. The van der Waals surface area contributed by atoms with Crippen LogP contribution in [0.15, 0.2) is 52.2 Å². The largest absolute Gasteiger partial charge is 0.364 e. The number of aryl methyl sites for hydroxylation is 1. The second kappa shape index (κ2) is 7.74. The molecule has 1 aliphatic carbocycles. The number of benzene rings is 1. The average Bonchev–Trinajstić information content (AvgIpc) is 3.37. The molecule has 3 aromatic heterocycles. The Labute approximate surface area is 176 Å². The van der Waals surface area contributed by atoms with Gasteiger partial charge in [0.15, 0.2) is 0 Å². The Hall–Kier alpha value is -2.48. The van der Waals surface area contributed by atoms with Gasteiger partial charge in [-0.3, -0.25) is 9.36 Å². The normalized spacial score (nSPS) is 16.2. The molecule has 0 aliphatic heterocycles. The van der Waals surface area contributed by atoms with E-state index in [0.717, 1.165) is 46.3 Å². The molecule has 29 heavy (non-hydrogen) atoms. The summed E-state index contributed by atoms with van der Waals surface area (Å²) in [6.07, 6.45) is 5.98. The predicted octanol–water partition coefficient (Wildman–Crippen LogP) is 3.79. The summed E-state index contributed by atoms with van der Waals surface area (Å²) in [5.74, 6) is 0. The highest BCUT2D eigenvalue weighted by atomic mass is 35.5. The van der Waals surface area contributed by atoms with E-state index >= 15 is 0 Å². The molecule has 6 nitrogen and oxygen atoms in total. The lowest BCUT2D eigenvalue weighted by molar-refractivity contribution is 0.399. The van der Waals surface area contributed by atoms with Crippen molar-refractivity contribution in [2.24, 2.45) is 0 Å². The average molecular weight is 427 g/mol. The first-order valence-electron chi connectivity index (χ1n) is 9.55. The van der Waals surface area contributed by atoms with E-state index in [1.54, 1.807) is 28.5 Å². The quantitative estimate of drug-likeness (QED) is 0.525. The van der Waals surface area contributed by atoms with Crippen molar-refractivity contribution >= 4 is 33.2 Å². The summed E-state index contributed by atoms with van der Waals surface area (Å²) in [4.78, 5) is 19.9. The number of hydrogen-bond acceptors (Lipinski definition) is 6. The van der Waals surface area contributed by atoms with Gasteiger partial charge >= 0.3 is 0 Å². The van der Waals surface area contributed by atoms with E-state index in [-0.39, 0.29) is 5.56 Å². The first-order chi connectivity index (χ1) is 14.2. The number of halogens is 1. The van der Waals surface area contributed by atoms with Crippen LogP contribution in [-0.2, 0) is 25.9 Å². The van der Waals surface area contributed by atoms with E-state index < -0.39 is 0 Å². The van der Waals surface area contributed by atoms with Crippen LogP contribution in [0.3, 0.4) is 0 Å². The van der Waals surface area contributed by atoms with Crippen LogP contribution in [0, 0.1) is 0 Å². The third-order valence-electron chi connectivity index (χ3n) is 5.40. The molecule has 0 unspecified atom stereocenters. The van der Waals surface area contributed by atoms with Crippen molar-refractivity contribution in [1.82, 2.24) is 20.0 Å². The zero-order valence-electron chi connectivity index (χ0n) is 15.6. The van der Waals surface area contributed by atoms with Gasteiger partial charge in [0.05, 0.1) is 24.0 Å². The molecule has 1 aromatic carbocycles. The lowest BCUT2D eigenvalue weighted by atomic mass is 9.93. The zero-order valence-corrected chi connectivity index (χ0v) is 17.2. The maximum Gasteiger partial charge on any atom is 0.262 e. The SMILES string of the molecule is O=c1c2c3c(sc2ncn1Cc1ccccc1Cl)C[C@H](NCc1ccon1)CC3. The molecule has 1 aliphatic rings. The molecule has 0 radical (unpaired) electrons.